The van der Waals surface area contributed by atoms with Crippen molar-refractivity contribution in [2.45, 2.75) is 49.9 Å². The number of nitrogens with zero attached hydrogens (tertiary/aromatic N) is 2. The molecule has 1 saturated heterocycles. The third kappa shape index (κ3) is 4.79. The molecule has 0 aromatic carbocycles. The van der Waals surface area contributed by atoms with Crippen molar-refractivity contribution < 1.29 is 4.79 Å². The number of hydrogen-bond donors (Lipinski definition) is 2. The topological polar surface area (TPSA) is 68.2 Å². The molecule has 2 fully saturated rings. The number of rotatable bonds is 6. The third-order valence-corrected chi connectivity index (χ3v) is 5.72. The fraction of sp³-hybridized carbons (Fsp3) is 0.867. The Hall–Kier alpha value is -0.930. The normalized spacial score (nSPS) is 26.3. The molecule has 0 spiro atoms. The Morgan fingerprint density at radius 2 is 2.19 bits per heavy atom. The molecular formula is C15H26N4OS. The Balaban J connectivity index is 1.72. The maximum Gasteiger partial charge on any atom is 0.249 e. The molecule has 1 heterocycles. The lowest BCUT2D eigenvalue weighted by Gasteiger charge is -2.28. The highest BCUT2D eigenvalue weighted by molar-refractivity contribution is 8.00. The minimum Gasteiger partial charge on any atom is -0.344 e. The van der Waals surface area contributed by atoms with Crippen molar-refractivity contribution in [1.29, 1.82) is 5.26 Å². The molecule has 1 amide bonds. The van der Waals surface area contributed by atoms with Gasteiger partial charge in [0.05, 0.1) is 0 Å². The average Bonchev–Trinajstić information content (AvgIpc) is 3.01. The minimum absolute atomic E-state index is 0.0779. The van der Waals surface area contributed by atoms with Crippen LogP contribution in [0, 0.1) is 17.4 Å². The van der Waals surface area contributed by atoms with Gasteiger partial charge in [0.25, 0.3) is 0 Å². The first-order valence-electron chi connectivity index (χ1n) is 7.97. The molecule has 118 valence electrons. The predicted octanol–water partition coefficient (Wildman–Crippen LogP) is 1.52. The number of thioether (sulfide) groups is 1. The number of nitriles is 1. The summed E-state index contributed by atoms with van der Waals surface area (Å²) in [5.74, 6) is 2.00. The quantitative estimate of drug-likeness (QED) is 0.442. The summed E-state index contributed by atoms with van der Waals surface area (Å²) in [5, 5.41) is 14.5. The van der Waals surface area contributed by atoms with E-state index in [9.17, 15) is 4.79 Å². The lowest BCUT2D eigenvalue weighted by atomic mass is 9.84. The maximum atomic E-state index is 12.4. The molecule has 2 aliphatic rings. The maximum absolute atomic E-state index is 12.4. The monoisotopic (exact) mass is 310 g/mol. The van der Waals surface area contributed by atoms with Crippen LogP contribution in [-0.2, 0) is 4.79 Å². The molecule has 0 aromatic heterocycles. The first-order valence-corrected chi connectivity index (χ1v) is 9.02. The van der Waals surface area contributed by atoms with Crippen molar-refractivity contribution in [2.75, 3.05) is 25.9 Å². The number of hydrogen-bond acceptors (Lipinski definition) is 5. The van der Waals surface area contributed by atoms with E-state index in [-0.39, 0.29) is 11.3 Å². The minimum atomic E-state index is -0.0779. The number of carbonyl (C=O) groups is 1. The van der Waals surface area contributed by atoms with Crippen molar-refractivity contribution in [3.8, 4) is 6.19 Å². The summed E-state index contributed by atoms with van der Waals surface area (Å²) in [6.07, 6.45) is 9.39. The largest absolute Gasteiger partial charge is 0.344 e. The first kappa shape index (κ1) is 16.4. The SMILES string of the molecule is CN(CCCNC#N)C(=O)C1NC(C2CCCCC2)CS1. The van der Waals surface area contributed by atoms with Crippen LogP contribution in [0.1, 0.15) is 38.5 Å². The highest BCUT2D eigenvalue weighted by Crippen LogP contribution is 2.32. The van der Waals surface area contributed by atoms with Crippen molar-refractivity contribution in [2.24, 2.45) is 5.92 Å². The molecule has 1 aliphatic carbocycles. The van der Waals surface area contributed by atoms with Gasteiger partial charge in [-0.3, -0.25) is 10.1 Å². The standard InChI is InChI=1S/C15H26N4OS/c1-19(9-5-8-17-11-16)15(20)14-18-13(10-21-14)12-6-3-2-4-7-12/h12-14,17-18H,2-10H2,1H3. The van der Waals surface area contributed by atoms with E-state index >= 15 is 0 Å². The molecule has 2 atom stereocenters. The van der Waals surface area contributed by atoms with Crippen LogP contribution in [0.3, 0.4) is 0 Å². The molecule has 0 radical (unpaired) electrons. The van der Waals surface area contributed by atoms with E-state index in [1.165, 1.54) is 32.1 Å². The molecule has 1 aliphatic heterocycles. The lowest BCUT2D eigenvalue weighted by molar-refractivity contribution is -0.130. The average molecular weight is 310 g/mol. The van der Waals surface area contributed by atoms with E-state index in [0.717, 1.165) is 18.1 Å². The van der Waals surface area contributed by atoms with Crippen molar-refractivity contribution in [3.63, 3.8) is 0 Å². The van der Waals surface area contributed by atoms with E-state index in [2.05, 4.69) is 10.6 Å². The zero-order chi connectivity index (χ0) is 15.1. The summed E-state index contributed by atoms with van der Waals surface area (Å²) >= 11 is 1.75. The fourth-order valence-corrected chi connectivity index (χ4v) is 4.57. The summed E-state index contributed by atoms with van der Waals surface area (Å²) in [4.78, 5) is 14.2. The third-order valence-electron chi connectivity index (χ3n) is 4.50. The summed E-state index contributed by atoms with van der Waals surface area (Å²) in [6.45, 7) is 1.32. The fourth-order valence-electron chi connectivity index (χ4n) is 3.21. The van der Waals surface area contributed by atoms with E-state index in [1.54, 1.807) is 16.7 Å². The van der Waals surface area contributed by atoms with E-state index in [0.29, 0.717) is 19.1 Å². The van der Waals surface area contributed by atoms with Crippen LogP contribution in [0.2, 0.25) is 0 Å². The first-order chi connectivity index (χ1) is 10.2. The number of amides is 1. The van der Waals surface area contributed by atoms with Gasteiger partial charge in [-0.2, -0.15) is 5.26 Å². The van der Waals surface area contributed by atoms with Crippen LogP contribution in [0.4, 0.5) is 0 Å². The predicted molar refractivity (Wildman–Crippen MR) is 85.6 cm³/mol. The van der Waals surface area contributed by atoms with Gasteiger partial charge in [-0.15, -0.1) is 11.8 Å². The molecule has 2 unspecified atom stereocenters. The van der Waals surface area contributed by atoms with Crippen LogP contribution in [-0.4, -0.2) is 48.1 Å². The second-order valence-electron chi connectivity index (χ2n) is 6.04. The van der Waals surface area contributed by atoms with E-state index in [4.69, 9.17) is 5.26 Å². The Morgan fingerprint density at radius 1 is 1.43 bits per heavy atom. The van der Waals surface area contributed by atoms with E-state index < -0.39 is 0 Å². The summed E-state index contributed by atoms with van der Waals surface area (Å²) < 4.78 is 0. The van der Waals surface area contributed by atoms with Crippen LogP contribution in [0.5, 0.6) is 0 Å². The van der Waals surface area contributed by atoms with Gasteiger partial charge in [-0.05, 0) is 25.2 Å². The second kappa shape index (κ2) is 8.50. The Labute approximate surface area is 131 Å². The lowest BCUT2D eigenvalue weighted by Crippen LogP contribution is -2.45. The molecule has 21 heavy (non-hydrogen) atoms. The smallest absolute Gasteiger partial charge is 0.249 e. The highest BCUT2D eigenvalue weighted by atomic mass is 32.2. The van der Waals surface area contributed by atoms with Crippen LogP contribution >= 0.6 is 11.8 Å². The zero-order valence-corrected chi connectivity index (χ0v) is 13.6. The Bertz CT molecular complexity index is 378. The van der Waals surface area contributed by atoms with Crippen LogP contribution < -0.4 is 10.6 Å². The van der Waals surface area contributed by atoms with Gasteiger partial charge in [-0.1, -0.05) is 19.3 Å². The zero-order valence-electron chi connectivity index (χ0n) is 12.8. The van der Waals surface area contributed by atoms with Gasteiger partial charge in [0.15, 0.2) is 6.19 Å². The van der Waals surface area contributed by atoms with Crippen molar-refractivity contribution in [1.82, 2.24) is 15.5 Å². The molecule has 0 bridgehead atoms. The molecular weight excluding hydrogens is 284 g/mol. The molecule has 0 aromatic rings. The molecule has 2 N–H and O–H groups in total. The number of likely N-dealkylation sites (N-methyl/N-ethyl adjacent to an activating group) is 1. The van der Waals surface area contributed by atoms with Crippen LogP contribution in [0.15, 0.2) is 0 Å². The molecule has 5 nitrogen and oxygen atoms in total. The summed E-state index contributed by atoms with van der Waals surface area (Å²) in [6, 6.07) is 0.512. The molecule has 1 saturated carbocycles. The number of carbonyl (C=O) groups excluding carboxylic acids is 1. The Kier molecular flexibility index (Phi) is 6.65. The molecule has 6 heteroatoms. The van der Waals surface area contributed by atoms with Gasteiger partial charge < -0.3 is 10.2 Å². The van der Waals surface area contributed by atoms with Gasteiger partial charge in [0.2, 0.25) is 5.91 Å². The van der Waals surface area contributed by atoms with Gasteiger partial charge in [0, 0.05) is 31.9 Å². The summed E-state index contributed by atoms with van der Waals surface area (Å²) in [5.41, 5.74) is 0. The van der Waals surface area contributed by atoms with Gasteiger partial charge in [-0.25, -0.2) is 0 Å². The number of nitrogens with one attached hydrogen (secondary N) is 2. The van der Waals surface area contributed by atoms with E-state index in [1.807, 2.05) is 13.2 Å². The summed E-state index contributed by atoms with van der Waals surface area (Å²) in [7, 11) is 1.85. The van der Waals surface area contributed by atoms with Crippen molar-refractivity contribution in [3.05, 3.63) is 0 Å². The van der Waals surface area contributed by atoms with Gasteiger partial charge >= 0.3 is 0 Å². The van der Waals surface area contributed by atoms with Crippen molar-refractivity contribution >= 4 is 17.7 Å². The second-order valence-corrected chi connectivity index (χ2v) is 7.17. The molecule has 2 rings (SSSR count). The Morgan fingerprint density at radius 3 is 2.90 bits per heavy atom. The van der Waals surface area contributed by atoms with Crippen LogP contribution in [0.25, 0.3) is 0 Å². The van der Waals surface area contributed by atoms with Gasteiger partial charge in [0.1, 0.15) is 5.37 Å². The highest BCUT2D eigenvalue weighted by Gasteiger charge is 2.35.